The van der Waals surface area contributed by atoms with E-state index >= 15 is 0 Å². The molecule has 0 saturated carbocycles. The van der Waals surface area contributed by atoms with Crippen molar-refractivity contribution in [2.75, 3.05) is 5.32 Å². The van der Waals surface area contributed by atoms with Gasteiger partial charge in [-0.15, -0.1) is 0 Å². The Hall–Kier alpha value is -3.02. The van der Waals surface area contributed by atoms with Crippen molar-refractivity contribution in [3.05, 3.63) is 75.6 Å². The fourth-order valence-electron chi connectivity index (χ4n) is 1.82. The van der Waals surface area contributed by atoms with E-state index in [9.17, 15) is 19.3 Å². The molecule has 0 aliphatic heterocycles. The number of hydrogen-bond donors (Lipinski definition) is 1. The molecule has 0 spiro atoms. The summed E-state index contributed by atoms with van der Waals surface area (Å²) < 4.78 is 13.0. The average molecular weight is 300 g/mol. The number of aryl methyl sites for hydroxylation is 1. The van der Waals surface area contributed by atoms with E-state index in [2.05, 4.69) is 5.32 Å². The van der Waals surface area contributed by atoms with Crippen LogP contribution in [0.15, 0.2) is 48.5 Å². The molecule has 2 rings (SSSR count). The fraction of sp³-hybridized carbons (Fsp3) is 0.0625. The van der Waals surface area contributed by atoms with Gasteiger partial charge in [-0.25, -0.2) is 4.39 Å². The van der Waals surface area contributed by atoms with E-state index in [0.717, 1.165) is 0 Å². The highest BCUT2D eigenvalue weighted by Gasteiger charge is 2.04. The van der Waals surface area contributed by atoms with Gasteiger partial charge in [0.15, 0.2) is 0 Å². The third-order valence-electron chi connectivity index (χ3n) is 2.98. The summed E-state index contributed by atoms with van der Waals surface area (Å²) in [4.78, 5) is 21.8. The summed E-state index contributed by atoms with van der Waals surface area (Å²) in [6.07, 6.45) is 2.85. The molecule has 0 aliphatic carbocycles. The summed E-state index contributed by atoms with van der Waals surface area (Å²) in [5.41, 5.74) is 1.80. The normalized spacial score (nSPS) is 10.6. The molecule has 112 valence electrons. The Morgan fingerprint density at radius 3 is 2.50 bits per heavy atom. The monoisotopic (exact) mass is 300 g/mol. The van der Waals surface area contributed by atoms with Gasteiger partial charge in [0.25, 0.3) is 5.69 Å². The predicted octanol–water partition coefficient (Wildman–Crippen LogP) is 3.69. The van der Waals surface area contributed by atoms with E-state index in [1.807, 2.05) is 0 Å². The maximum atomic E-state index is 13.0. The first-order valence-corrected chi connectivity index (χ1v) is 6.45. The molecule has 0 radical (unpaired) electrons. The van der Waals surface area contributed by atoms with E-state index in [-0.39, 0.29) is 17.4 Å². The van der Waals surface area contributed by atoms with E-state index in [1.54, 1.807) is 19.1 Å². The highest BCUT2D eigenvalue weighted by molar-refractivity contribution is 6.02. The van der Waals surface area contributed by atoms with Crippen LogP contribution in [0.3, 0.4) is 0 Å². The molecule has 1 amide bonds. The van der Waals surface area contributed by atoms with Gasteiger partial charge in [0.2, 0.25) is 5.91 Å². The second kappa shape index (κ2) is 6.62. The van der Waals surface area contributed by atoms with E-state index in [4.69, 9.17) is 0 Å². The lowest BCUT2D eigenvalue weighted by Gasteiger charge is -2.05. The number of rotatable bonds is 4. The molecule has 5 nitrogen and oxygen atoms in total. The van der Waals surface area contributed by atoms with Gasteiger partial charge in [0, 0.05) is 23.9 Å². The molecule has 0 saturated heterocycles. The first kappa shape index (κ1) is 15.4. The second-order valence-electron chi connectivity index (χ2n) is 4.63. The van der Waals surface area contributed by atoms with Gasteiger partial charge in [-0.1, -0.05) is 0 Å². The molecule has 2 aromatic rings. The molecule has 0 aromatic heterocycles. The first-order valence-electron chi connectivity index (χ1n) is 6.45. The standard InChI is InChI=1S/C16H13FN2O3/c1-11-10-13(17)5-8-15(11)18-16(20)9-4-12-2-6-14(7-3-12)19(21)22/h2-10H,1H3,(H,18,20). The Morgan fingerprint density at radius 2 is 1.91 bits per heavy atom. The van der Waals surface area contributed by atoms with Crippen molar-refractivity contribution in [1.82, 2.24) is 0 Å². The zero-order valence-corrected chi connectivity index (χ0v) is 11.7. The molecular weight excluding hydrogens is 287 g/mol. The smallest absolute Gasteiger partial charge is 0.269 e. The SMILES string of the molecule is Cc1cc(F)ccc1NC(=O)C=Cc1ccc([N+](=O)[O-])cc1. The van der Waals surface area contributed by atoms with Crippen LogP contribution in [-0.4, -0.2) is 10.8 Å². The largest absolute Gasteiger partial charge is 0.322 e. The van der Waals surface area contributed by atoms with Crippen LogP contribution in [0, 0.1) is 22.9 Å². The lowest BCUT2D eigenvalue weighted by Crippen LogP contribution is -2.09. The van der Waals surface area contributed by atoms with Crippen molar-refractivity contribution in [2.45, 2.75) is 6.92 Å². The van der Waals surface area contributed by atoms with Crippen LogP contribution < -0.4 is 5.32 Å². The molecule has 1 N–H and O–H groups in total. The molecule has 0 heterocycles. The maximum absolute atomic E-state index is 13.0. The van der Waals surface area contributed by atoms with Gasteiger partial charge in [-0.05, 0) is 54.5 Å². The third-order valence-corrected chi connectivity index (χ3v) is 2.98. The van der Waals surface area contributed by atoms with Gasteiger partial charge in [-0.3, -0.25) is 14.9 Å². The Morgan fingerprint density at radius 1 is 1.23 bits per heavy atom. The Bertz CT molecular complexity index is 740. The van der Waals surface area contributed by atoms with Crippen LogP contribution in [0.4, 0.5) is 15.8 Å². The maximum Gasteiger partial charge on any atom is 0.269 e. The van der Waals surface area contributed by atoms with Gasteiger partial charge in [-0.2, -0.15) is 0 Å². The number of nitrogens with zero attached hydrogens (tertiary/aromatic N) is 1. The summed E-state index contributed by atoms with van der Waals surface area (Å²) >= 11 is 0. The van der Waals surface area contributed by atoms with Crippen LogP contribution in [-0.2, 0) is 4.79 Å². The van der Waals surface area contributed by atoms with Crippen molar-refractivity contribution < 1.29 is 14.1 Å². The number of amides is 1. The number of nitro groups is 1. The Balaban J connectivity index is 2.03. The van der Waals surface area contributed by atoms with Crippen molar-refractivity contribution in [3.8, 4) is 0 Å². The lowest BCUT2D eigenvalue weighted by atomic mass is 10.2. The van der Waals surface area contributed by atoms with Crippen molar-refractivity contribution in [3.63, 3.8) is 0 Å². The summed E-state index contributed by atoms with van der Waals surface area (Å²) in [6, 6.07) is 9.90. The number of anilines is 1. The van der Waals surface area contributed by atoms with Gasteiger partial charge in [0.05, 0.1) is 4.92 Å². The number of nitro benzene ring substituents is 1. The van der Waals surface area contributed by atoms with Gasteiger partial charge in [0.1, 0.15) is 5.82 Å². The number of halogens is 1. The fourth-order valence-corrected chi connectivity index (χ4v) is 1.82. The first-order chi connectivity index (χ1) is 10.5. The average Bonchev–Trinajstić information content (AvgIpc) is 2.48. The Kier molecular flexibility index (Phi) is 4.63. The molecule has 22 heavy (non-hydrogen) atoms. The van der Waals surface area contributed by atoms with Crippen LogP contribution in [0.1, 0.15) is 11.1 Å². The molecule has 2 aromatic carbocycles. The summed E-state index contributed by atoms with van der Waals surface area (Å²) in [5, 5.41) is 13.2. The number of carbonyl (C=O) groups excluding carboxylic acids is 1. The minimum Gasteiger partial charge on any atom is -0.322 e. The van der Waals surface area contributed by atoms with Crippen LogP contribution in [0.5, 0.6) is 0 Å². The highest BCUT2D eigenvalue weighted by atomic mass is 19.1. The molecule has 6 heteroatoms. The van der Waals surface area contributed by atoms with Crippen molar-refractivity contribution >= 4 is 23.4 Å². The van der Waals surface area contributed by atoms with E-state index < -0.39 is 4.92 Å². The third kappa shape index (κ3) is 3.99. The molecule has 0 unspecified atom stereocenters. The second-order valence-corrected chi connectivity index (χ2v) is 4.63. The minimum absolute atomic E-state index is 0.0106. The number of carbonyl (C=O) groups is 1. The van der Waals surface area contributed by atoms with E-state index in [0.29, 0.717) is 16.8 Å². The zero-order chi connectivity index (χ0) is 16.1. The molecule has 0 aliphatic rings. The summed E-state index contributed by atoms with van der Waals surface area (Å²) in [5.74, 6) is -0.731. The molecule has 0 atom stereocenters. The van der Waals surface area contributed by atoms with Gasteiger partial charge < -0.3 is 5.32 Å². The number of hydrogen-bond acceptors (Lipinski definition) is 3. The molecular formula is C16H13FN2O3. The molecule has 0 bridgehead atoms. The van der Waals surface area contributed by atoms with Crippen molar-refractivity contribution in [1.29, 1.82) is 0 Å². The topological polar surface area (TPSA) is 72.2 Å². The number of benzene rings is 2. The quantitative estimate of drug-likeness (QED) is 0.531. The summed E-state index contributed by atoms with van der Waals surface area (Å²) in [7, 11) is 0. The number of nitrogens with one attached hydrogen (secondary N) is 1. The zero-order valence-electron chi connectivity index (χ0n) is 11.7. The highest BCUT2D eigenvalue weighted by Crippen LogP contribution is 2.16. The number of non-ortho nitro benzene ring substituents is 1. The lowest BCUT2D eigenvalue weighted by molar-refractivity contribution is -0.384. The summed E-state index contributed by atoms with van der Waals surface area (Å²) in [6.45, 7) is 1.69. The van der Waals surface area contributed by atoms with Crippen molar-refractivity contribution in [2.24, 2.45) is 0 Å². The Labute approximate surface area is 126 Å². The molecule has 0 fully saturated rings. The predicted molar refractivity (Wildman–Crippen MR) is 81.9 cm³/mol. The van der Waals surface area contributed by atoms with E-state index in [1.165, 1.54) is 42.5 Å². The minimum atomic E-state index is -0.489. The van der Waals surface area contributed by atoms with Crippen LogP contribution >= 0.6 is 0 Å². The van der Waals surface area contributed by atoms with Crippen LogP contribution in [0.2, 0.25) is 0 Å². The van der Waals surface area contributed by atoms with Gasteiger partial charge >= 0.3 is 0 Å². The van der Waals surface area contributed by atoms with Crippen LogP contribution in [0.25, 0.3) is 6.08 Å².